The number of halogens is 1. The van der Waals surface area contributed by atoms with Crippen LogP contribution in [0.3, 0.4) is 0 Å². The van der Waals surface area contributed by atoms with Crippen molar-refractivity contribution in [1.82, 2.24) is 15.4 Å². The molecule has 0 bridgehead atoms. The second-order valence-electron chi connectivity index (χ2n) is 7.09. The predicted molar refractivity (Wildman–Crippen MR) is 97.4 cm³/mol. The van der Waals surface area contributed by atoms with E-state index in [0.717, 1.165) is 30.1 Å². The van der Waals surface area contributed by atoms with Gasteiger partial charge in [0.15, 0.2) is 0 Å². The van der Waals surface area contributed by atoms with Crippen molar-refractivity contribution in [1.29, 1.82) is 0 Å². The number of rotatable bonds is 3. The Labute approximate surface area is 157 Å². The highest BCUT2D eigenvalue weighted by atomic mass is 35.5. The molecule has 4 rings (SSSR count). The molecule has 7 heteroatoms. The molecule has 138 valence electrons. The highest BCUT2D eigenvalue weighted by Gasteiger charge is 2.38. The zero-order chi connectivity index (χ0) is 18.3. The Hall–Kier alpha value is -1.89. The quantitative estimate of drug-likeness (QED) is 0.893. The number of hydrogen-bond acceptors (Lipinski definition) is 5. The lowest BCUT2D eigenvalue weighted by Crippen LogP contribution is -2.43. The van der Waals surface area contributed by atoms with E-state index in [2.05, 4.69) is 15.4 Å². The van der Waals surface area contributed by atoms with Gasteiger partial charge in [-0.25, -0.2) is 0 Å². The van der Waals surface area contributed by atoms with Crippen LogP contribution in [0.5, 0.6) is 0 Å². The largest absolute Gasteiger partial charge is 0.371 e. The van der Waals surface area contributed by atoms with Crippen LogP contribution in [0.1, 0.15) is 39.9 Å². The summed E-state index contributed by atoms with van der Waals surface area (Å²) >= 11 is 5.97. The number of nitrogens with one attached hydrogen (secondary N) is 1. The summed E-state index contributed by atoms with van der Waals surface area (Å²) < 4.78 is 11.2. The molecule has 0 radical (unpaired) electrons. The Morgan fingerprint density at radius 3 is 2.73 bits per heavy atom. The second-order valence-corrected chi connectivity index (χ2v) is 7.52. The Morgan fingerprint density at radius 1 is 1.27 bits per heavy atom. The van der Waals surface area contributed by atoms with E-state index in [-0.39, 0.29) is 18.1 Å². The molecule has 0 unspecified atom stereocenters. The molecule has 0 saturated carbocycles. The number of fused-ring (bicyclic) bond motifs is 1. The maximum Gasteiger partial charge on any atom is 0.257 e. The Bertz CT molecular complexity index is 785. The zero-order valence-electron chi connectivity index (χ0n) is 14.9. The smallest absolute Gasteiger partial charge is 0.257 e. The minimum absolute atomic E-state index is 0.0422. The number of amides is 1. The van der Waals surface area contributed by atoms with Crippen LogP contribution < -0.4 is 5.32 Å². The van der Waals surface area contributed by atoms with Crippen LogP contribution >= 0.6 is 11.6 Å². The lowest BCUT2D eigenvalue weighted by Gasteiger charge is -2.35. The molecule has 3 atom stereocenters. The molecule has 26 heavy (non-hydrogen) atoms. The Morgan fingerprint density at radius 2 is 2.04 bits per heavy atom. The minimum atomic E-state index is -0.110. The molecular formula is C19H22ClN3O3. The fourth-order valence-corrected chi connectivity index (χ4v) is 4.05. The van der Waals surface area contributed by atoms with Gasteiger partial charge in [0, 0.05) is 30.2 Å². The molecule has 2 fully saturated rings. The van der Waals surface area contributed by atoms with Crippen LogP contribution in [0, 0.1) is 13.8 Å². The number of aryl methyl sites for hydroxylation is 2. The average Bonchev–Trinajstić information content (AvgIpc) is 3.17. The molecule has 2 aromatic rings. The van der Waals surface area contributed by atoms with Gasteiger partial charge >= 0.3 is 0 Å². The number of carbonyl (C=O) groups is 1. The van der Waals surface area contributed by atoms with Crippen molar-refractivity contribution in [3.8, 4) is 0 Å². The van der Waals surface area contributed by atoms with E-state index in [1.165, 1.54) is 0 Å². The molecule has 2 aliphatic heterocycles. The first kappa shape index (κ1) is 17.5. The van der Waals surface area contributed by atoms with E-state index in [1.807, 2.05) is 24.3 Å². The van der Waals surface area contributed by atoms with Crippen LogP contribution in [0.4, 0.5) is 0 Å². The zero-order valence-corrected chi connectivity index (χ0v) is 15.6. The maximum absolute atomic E-state index is 12.6. The van der Waals surface area contributed by atoms with Crippen LogP contribution in [0.2, 0.25) is 5.02 Å². The average molecular weight is 376 g/mol. The second kappa shape index (κ2) is 7.02. The summed E-state index contributed by atoms with van der Waals surface area (Å²) in [5.74, 6) is 0.447. The highest BCUT2D eigenvalue weighted by molar-refractivity contribution is 6.30. The normalized spacial score (nSPS) is 25.9. The highest BCUT2D eigenvalue weighted by Crippen LogP contribution is 2.31. The summed E-state index contributed by atoms with van der Waals surface area (Å²) in [5, 5.41) is 7.71. The van der Waals surface area contributed by atoms with E-state index in [1.54, 1.807) is 13.8 Å². The molecule has 1 aromatic heterocycles. The molecule has 6 nitrogen and oxygen atoms in total. The van der Waals surface area contributed by atoms with Crippen LogP contribution in [-0.4, -0.2) is 47.7 Å². The number of carbonyl (C=O) groups excluding carboxylic acids is 1. The van der Waals surface area contributed by atoms with Gasteiger partial charge in [0.1, 0.15) is 11.3 Å². The monoisotopic (exact) mass is 375 g/mol. The standard InChI is InChI=1S/C19H22ClN3O3/c1-11-18(12(2)26-22-11)19(24)21-15-7-16-10-25-17(9-23(16)8-15)13-3-5-14(20)6-4-13/h3-6,15-17H,7-10H2,1-2H3,(H,21,24)/t15-,16-,17+/m0/s1. The summed E-state index contributed by atoms with van der Waals surface area (Å²) in [6, 6.07) is 8.26. The predicted octanol–water partition coefficient (Wildman–Crippen LogP) is 2.89. The maximum atomic E-state index is 12.6. The van der Waals surface area contributed by atoms with Crippen LogP contribution in [0.25, 0.3) is 0 Å². The van der Waals surface area contributed by atoms with Gasteiger partial charge in [0.25, 0.3) is 5.91 Å². The molecule has 0 aliphatic carbocycles. The number of morpholine rings is 1. The van der Waals surface area contributed by atoms with Gasteiger partial charge in [-0.15, -0.1) is 0 Å². The molecule has 1 aromatic carbocycles. The van der Waals surface area contributed by atoms with Crippen molar-refractivity contribution in [3.05, 3.63) is 51.9 Å². The molecule has 1 N–H and O–H groups in total. The van der Waals surface area contributed by atoms with Crippen LogP contribution in [0.15, 0.2) is 28.8 Å². The third-order valence-electron chi connectivity index (χ3n) is 5.26. The molecule has 2 saturated heterocycles. The summed E-state index contributed by atoms with van der Waals surface area (Å²) in [6.07, 6.45) is 0.933. The van der Waals surface area contributed by atoms with Gasteiger partial charge in [-0.3, -0.25) is 9.69 Å². The van der Waals surface area contributed by atoms with E-state index < -0.39 is 0 Å². The number of benzene rings is 1. The molecule has 0 spiro atoms. The summed E-state index contributed by atoms with van der Waals surface area (Å²) in [5.41, 5.74) is 2.31. The van der Waals surface area contributed by atoms with E-state index in [9.17, 15) is 4.79 Å². The van der Waals surface area contributed by atoms with Gasteiger partial charge < -0.3 is 14.6 Å². The number of nitrogens with zero attached hydrogens (tertiary/aromatic N) is 2. The first-order valence-corrected chi connectivity index (χ1v) is 9.24. The van der Waals surface area contributed by atoms with Crippen molar-refractivity contribution in [2.24, 2.45) is 0 Å². The van der Waals surface area contributed by atoms with Crippen molar-refractivity contribution in [2.45, 2.75) is 38.5 Å². The summed E-state index contributed by atoms with van der Waals surface area (Å²) in [7, 11) is 0. The van der Waals surface area contributed by atoms with Gasteiger partial charge in [0.2, 0.25) is 0 Å². The van der Waals surface area contributed by atoms with Crippen molar-refractivity contribution in [3.63, 3.8) is 0 Å². The first-order valence-electron chi connectivity index (χ1n) is 8.86. The van der Waals surface area contributed by atoms with Crippen molar-refractivity contribution >= 4 is 17.5 Å². The molecule has 1 amide bonds. The minimum Gasteiger partial charge on any atom is -0.371 e. The first-order chi connectivity index (χ1) is 12.5. The van der Waals surface area contributed by atoms with Gasteiger partial charge in [-0.1, -0.05) is 28.9 Å². The third kappa shape index (κ3) is 3.37. The number of aromatic nitrogens is 1. The van der Waals surface area contributed by atoms with Gasteiger partial charge in [-0.2, -0.15) is 0 Å². The van der Waals surface area contributed by atoms with Crippen molar-refractivity contribution < 1.29 is 14.1 Å². The molecule has 3 heterocycles. The summed E-state index contributed by atoms with van der Waals surface area (Å²) in [6.45, 7) is 5.87. The number of hydrogen-bond donors (Lipinski definition) is 1. The van der Waals surface area contributed by atoms with Gasteiger partial charge in [-0.05, 0) is 38.0 Å². The van der Waals surface area contributed by atoms with Gasteiger partial charge in [0.05, 0.1) is 18.4 Å². The van der Waals surface area contributed by atoms with E-state index in [0.29, 0.717) is 29.7 Å². The molecule has 2 aliphatic rings. The fraction of sp³-hybridized carbons (Fsp3) is 0.474. The Balaban J connectivity index is 1.39. The lowest BCUT2D eigenvalue weighted by molar-refractivity contribution is -0.0502. The Kier molecular flexibility index (Phi) is 4.73. The SMILES string of the molecule is Cc1noc(C)c1C(=O)N[C@H]1C[C@H]2CO[C@@H](c3ccc(Cl)cc3)CN2C1. The van der Waals surface area contributed by atoms with E-state index >= 15 is 0 Å². The van der Waals surface area contributed by atoms with E-state index in [4.69, 9.17) is 20.9 Å². The number of ether oxygens (including phenoxy) is 1. The summed E-state index contributed by atoms with van der Waals surface area (Å²) in [4.78, 5) is 15.0. The topological polar surface area (TPSA) is 67.6 Å². The fourth-order valence-electron chi connectivity index (χ4n) is 3.92. The van der Waals surface area contributed by atoms with Crippen LogP contribution in [-0.2, 0) is 4.74 Å². The van der Waals surface area contributed by atoms with Crippen molar-refractivity contribution in [2.75, 3.05) is 19.7 Å². The lowest BCUT2D eigenvalue weighted by atomic mass is 10.1. The third-order valence-corrected chi connectivity index (χ3v) is 5.51. The molecular weight excluding hydrogens is 354 g/mol.